The lowest BCUT2D eigenvalue weighted by Gasteiger charge is -2.08. The van der Waals surface area contributed by atoms with Crippen LogP contribution in [-0.2, 0) is 25.1 Å². The summed E-state index contributed by atoms with van der Waals surface area (Å²) in [5, 5.41) is 10.5. The Bertz CT molecular complexity index is 830. The van der Waals surface area contributed by atoms with Gasteiger partial charge in [0.2, 0.25) is 0 Å². The average Bonchev–Trinajstić information content (AvgIpc) is 3.01. The zero-order valence-electron chi connectivity index (χ0n) is 13.9. The van der Waals surface area contributed by atoms with E-state index < -0.39 is 0 Å². The van der Waals surface area contributed by atoms with E-state index in [2.05, 4.69) is 51.7 Å². The topological polar surface area (TPSA) is 30.7 Å². The fourth-order valence-electron chi connectivity index (χ4n) is 2.60. The van der Waals surface area contributed by atoms with Crippen LogP contribution < -0.4 is 0 Å². The van der Waals surface area contributed by atoms with E-state index in [9.17, 15) is 0 Å². The highest BCUT2D eigenvalue weighted by molar-refractivity contribution is 7.98. The van der Waals surface area contributed by atoms with E-state index in [1.807, 2.05) is 30.3 Å². The molecule has 5 heteroatoms. The van der Waals surface area contributed by atoms with Crippen LogP contribution in [0, 0.1) is 0 Å². The van der Waals surface area contributed by atoms with Gasteiger partial charge in [0.1, 0.15) is 5.82 Å². The molecule has 0 saturated carbocycles. The molecule has 0 aliphatic rings. The summed E-state index contributed by atoms with van der Waals surface area (Å²) in [6.45, 7) is 4.58. The highest BCUT2D eigenvalue weighted by Crippen LogP contribution is 2.24. The molecular weight excluding hydrogens is 350 g/mol. The maximum atomic E-state index is 6.06. The summed E-state index contributed by atoms with van der Waals surface area (Å²) in [5.74, 6) is 1.81. The molecule has 0 aliphatic carbocycles. The van der Waals surface area contributed by atoms with E-state index in [1.165, 1.54) is 11.1 Å². The Hall–Kier alpha value is -2.04. The van der Waals surface area contributed by atoms with Crippen molar-refractivity contribution in [3.05, 3.63) is 89.2 Å². The Morgan fingerprint density at radius 2 is 1.80 bits per heavy atom. The molecule has 0 N–H and O–H groups in total. The van der Waals surface area contributed by atoms with Crippen molar-refractivity contribution >= 4 is 23.4 Å². The molecule has 1 aromatic heterocycles. The third kappa shape index (κ3) is 4.97. The molecule has 0 fully saturated rings. The number of allylic oxidation sites excluding steroid dienone is 1. The maximum Gasteiger partial charge on any atom is 0.191 e. The molecule has 1 heterocycles. The summed E-state index contributed by atoms with van der Waals surface area (Å²) >= 11 is 7.73. The summed E-state index contributed by atoms with van der Waals surface area (Å²) in [7, 11) is 0. The standard InChI is InChI=1S/C20H20ClN3S/c1-2-13-24-19(12-11-16-7-4-3-5-8-16)22-23-20(24)25-15-17-9-6-10-18(21)14-17/h2-10,14H,1,11-13,15H2. The van der Waals surface area contributed by atoms with Crippen LogP contribution in [0.25, 0.3) is 0 Å². The van der Waals surface area contributed by atoms with E-state index >= 15 is 0 Å². The van der Waals surface area contributed by atoms with E-state index in [-0.39, 0.29) is 0 Å². The molecule has 2 aromatic carbocycles. The molecule has 128 valence electrons. The zero-order valence-corrected chi connectivity index (χ0v) is 15.5. The Kier molecular flexibility index (Phi) is 6.31. The van der Waals surface area contributed by atoms with Crippen molar-refractivity contribution in [1.29, 1.82) is 0 Å². The fraction of sp³-hybridized carbons (Fsp3) is 0.200. The summed E-state index contributed by atoms with van der Waals surface area (Å²) in [4.78, 5) is 0. The highest BCUT2D eigenvalue weighted by Gasteiger charge is 2.12. The van der Waals surface area contributed by atoms with Gasteiger partial charge < -0.3 is 4.57 Å². The van der Waals surface area contributed by atoms with Crippen LogP contribution >= 0.6 is 23.4 Å². The van der Waals surface area contributed by atoms with Crippen LogP contribution in [0.2, 0.25) is 5.02 Å². The number of nitrogens with zero attached hydrogens (tertiary/aromatic N) is 3. The molecule has 0 amide bonds. The average molecular weight is 370 g/mol. The van der Waals surface area contributed by atoms with Crippen molar-refractivity contribution < 1.29 is 0 Å². The number of benzene rings is 2. The van der Waals surface area contributed by atoms with Gasteiger partial charge in [0.05, 0.1) is 0 Å². The first-order valence-electron chi connectivity index (χ1n) is 8.20. The molecule has 3 aromatic rings. The molecule has 0 saturated heterocycles. The number of thioether (sulfide) groups is 1. The lowest BCUT2D eigenvalue weighted by molar-refractivity contribution is 0.673. The molecule has 3 nitrogen and oxygen atoms in total. The third-order valence-corrected chi connectivity index (χ3v) is 5.12. The maximum absolute atomic E-state index is 6.06. The molecule has 25 heavy (non-hydrogen) atoms. The number of rotatable bonds is 8. The van der Waals surface area contributed by atoms with E-state index in [1.54, 1.807) is 11.8 Å². The highest BCUT2D eigenvalue weighted by atomic mass is 35.5. The van der Waals surface area contributed by atoms with Crippen LogP contribution in [0.1, 0.15) is 17.0 Å². The smallest absolute Gasteiger partial charge is 0.191 e. The van der Waals surface area contributed by atoms with E-state index in [0.29, 0.717) is 0 Å². The monoisotopic (exact) mass is 369 g/mol. The van der Waals surface area contributed by atoms with Crippen molar-refractivity contribution in [2.45, 2.75) is 30.3 Å². The summed E-state index contributed by atoms with van der Waals surface area (Å²) in [6.07, 6.45) is 3.70. The predicted molar refractivity (Wildman–Crippen MR) is 105 cm³/mol. The number of hydrogen-bond donors (Lipinski definition) is 0. The second-order valence-electron chi connectivity index (χ2n) is 5.70. The number of aryl methyl sites for hydroxylation is 2. The first-order chi connectivity index (χ1) is 12.3. The van der Waals surface area contributed by atoms with Crippen LogP contribution in [0.5, 0.6) is 0 Å². The van der Waals surface area contributed by atoms with Crippen LogP contribution in [0.15, 0.2) is 72.4 Å². The molecule has 0 bridgehead atoms. The Morgan fingerprint density at radius 3 is 2.56 bits per heavy atom. The van der Waals surface area contributed by atoms with Crippen molar-refractivity contribution in [2.75, 3.05) is 0 Å². The van der Waals surface area contributed by atoms with E-state index in [4.69, 9.17) is 11.6 Å². The van der Waals surface area contributed by atoms with Gasteiger partial charge in [0.15, 0.2) is 5.16 Å². The number of halogens is 1. The van der Waals surface area contributed by atoms with Gasteiger partial charge in [-0.2, -0.15) is 0 Å². The molecule has 0 aliphatic heterocycles. The Labute approximate surface area is 157 Å². The van der Waals surface area contributed by atoms with Crippen molar-refractivity contribution in [2.24, 2.45) is 0 Å². The minimum Gasteiger partial charge on any atom is -0.302 e. The van der Waals surface area contributed by atoms with Gasteiger partial charge in [-0.05, 0) is 29.7 Å². The first-order valence-corrected chi connectivity index (χ1v) is 9.57. The van der Waals surface area contributed by atoms with Crippen LogP contribution in [0.4, 0.5) is 0 Å². The Morgan fingerprint density at radius 1 is 1.00 bits per heavy atom. The van der Waals surface area contributed by atoms with Gasteiger partial charge in [-0.15, -0.1) is 16.8 Å². The number of hydrogen-bond acceptors (Lipinski definition) is 3. The zero-order chi connectivity index (χ0) is 17.5. The Balaban J connectivity index is 1.69. The SMILES string of the molecule is C=CCn1c(CCc2ccccc2)nnc1SCc1cccc(Cl)c1. The second kappa shape index (κ2) is 8.88. The van der Waals surface area contributed by atoms with Crippen molar-refractivity contribution in [1.82, 2.24) is 14.8 Å². The van der Waals surface area contributed by atoms with Crippen LogP contribution in [0.3, 0.4) is 0 Å². The van der Waals surface area contributed by atoms with Gasteiger partial charge in [0.25, 0.3) is 0 Å². The molecule has 0 unspecified atom stereocenters. The molecule has 0 spiro atoms. The van der Waals surface area contributed by atoms with Crippen LogP contribution in [-0.4, -0.2) is 14.8 Å². The molecule has 0 atom stereocenters. The van der Waals surface area contributed by atoms with E-state index in [0.717, 1.165) is 41.1 Å². The van der Waals surface area contributed by atoms with Gasteiger partial charge in [-0.25, -0.2) is 0 Å². The molecule has 3 rings (SSSR count). The largest absolute Gasteiger partial charge is 0.302 e. The fourth-order valence-corrected chi connectivity index (χ4v) is 3.72. The summed E-state index contributed by atoms with van der Waals surface area (Å²) in [5.41, 5.74) is 2.49. The normalized spacial score (nSPS) is 10.8. The summed E-state index contributed by atoms with van der Waals surface area (Å²) in [6, 6.07) is 18.4. The van der Waals surface area contributed by atoms with Crippen molar-refractivity contribution in [3.8, 4) is 0 Å². The predicted octanol–water partition coefficient (Wildman–Crippen LogP) is 5.20. The van der Waals surface area contributed by atoms with Gasteiger partial charge in [-0.3, -0.25) is 0 Å². The van der Waals surface area contributed by atoms with Gasteiger partial charge in [0, 0.05) is 23.7 Å². The summed E-state index contributed by atoms with van der Waals surface area (Å²) < 4.78 is 2.14. The van der Waals surface area contributed by atoms with Crippen molar-refractivity contribution in [3.63, 3.8) is 0 Å². The number of aromatic nitrogens is 3. The molecule has 0 radical (unpaired) electrons. The minimum atomic E-state index is 0.717. The lowest BCUT2D eigenvalue weighted by atomic mass is 10.1. The van der Waals surface area contributed by atoms with Gasteiger partial charge in [-0.1, -0.05) is 71.9 Å². The molecular formula is C20H20ClN3S. The third-order valence-electron chi connectivity index (χ3n) is 3.84. The lowest BCUT2D eigenvalue weighted by Crippen LogP contribution is -2.05. The quantitative estimate of drug-likeness (QED) is 0.404. The van der Waals surface area contributed by atoms with Gasteiger partial charge >= 0.3 is 0 Å². The second-order valence-corrected chi connectivity index (χ2v) is 7.08. The first kappa shape index (κ1) is 17.8. The minimum absolute atomic E-state index is 0.717.